The molecule has 2 saturated heterocycles. The minimum Gasteiger partial charge on any atom is -0.459 e. The Morgan fingerprint density at radius 3 is 2.95 bits per heavy atom. The van der Waals surface area contributed by atoms with Gasteiger partial charge in [0.05, 0.1) is 11.5 Å². The van der Waals surface area contributed by atoms with E-state index >= 15 is 0 Å². The van der Waals surface area contributed by atoms with Gasteiger partial charge in [0.25, 0.3) is 0 Å². The van der Waals surface area contributed by atoms with Crippen LogP contribution in [0.4, 0.5) is 0 Å². The molecule has 2 fully saturated rings. The van der Waals surface area contributed by atoms with E-state index < -0.39 is 0 Å². The first-order valence-electron chi connectivity index (χ1n) is 8.67. The molecule has 1 aliphatic carbocycles. The van der Waals surface area contributed by atoms with Crippen LogP contribution in [0.15, 0.2) is 11.6 Å². The second-order valence-corrected chi connectivity index (χ2v) is 7.51. The highest BCUT2D eigenvalue weighted by Crippen LogP contribution is 2.50. The molecule has 3 rings (SSSR count). The number of hydrogen-bond donors (Lipinski definition) is 0. The quantitative estimate of drug-likeness (QED) is 0.457. The van der Waals surface area contributed by atoms with Crippen LogP contribution in [0.3, 0.4) is 0 Å². The van der Waals surface area contributed by atoms with Gasteiger partial charge in [0.15, 0.2) is 0 Å². The van der Waals surface area contributed by atoms with E-state index in [9.17, 15) is 4.79 Å². The molecular formula is C18H29NO3. The van der Waals surface area contributed by atoms with E-state index in [1.54, 1.807) is 0 Å². The molecule has 2 heterocycles. The number of hydrogen-bond acceptors (Lipinski definition) is 4. The Kier molecular flexibility index (Phi) is 4.34. The lowest BCUT2D eigenvalue weighted by Crippen LogP contribution is -2.35. The Morgan fingerprint density at radius 1 is 1.45 bits per heavy atom. The predicted octanol–water partition coefficient (Wildman–Crippen LogP) is 2.77. The second kappa shape index (κ2) is 5.97. The van der Waals surface area contributed by atoms with Crippen molar-refractivity contribution in [3.05, 3.63) is 11.6 Å². The second-order valence-electron chi connectivity index (χ2n) is 7.51. The van der Waals surface area contributed by atoms with Crippen molar-refractivity contribution in [1.29, 1.82) is 0 Å². The predicted molar refractivity (Wildman–Crippen MR) is 85.5 cm³/mol. The molecule has 5 atom stereocenters. The summed E-state index contributed by atoms with van der Waals surface area (Å²) in [5, 5.41) is 0. The summed E-state index contributed by atoms with van der Waals surface area (Å²) in [6, 6.07) is 0. The Hall–Kier alpha value is -0.870. The number of carbonyl (C=O) groups is 1. The number of fused-ring (bicyclic) bond motifs is 3. The summed E-state index contributed by atoms with van der Waals surface area (Å²) in [6.45, 7) is 8.24. The van der Waals surface area contributed by atoms with E-state index in [2.05, 4.69) is 38.8 Å². The van der Waals surface area contributed by atoms with Crippen molar-refractivity contribution < 1.29 is 14.3 Å². The van der Waals surface area contributed by atoms with Crippen molar-refractivity contribution in [3.8, 4) is 0 Å². The fourth-order valence-electron chi connectivity index (χ4n) is 4.01. The summed E-state index contributed by atoms with van der Waals surface area (Å²) in [6.07, 6.45) is 6.57. The molecule has 0 N–H and O–H groups in total. The van der Waals surface area contributed by atoms with E-state index in [0.717, 1.165) is 38.8 Å². The molecule has 3 aliphatic rings. The van der Waals surface area contributed by atoms with Crippen molar-refractivity contribution in [3.63, 3.8) is 0 Å². The molecule has 0 saturated carbocycles. The number of epoxide rings is 1. The van der Waals surface area contributed by atoms with Gasteiger partial charge < -0.3 is 14.4 Å². The van der Waals surface area contributed by atoms with Crippen LogP contribution in [-0.4, -0.2) is 48.8 Å². The summed E-state index contributed by atoms with van der Waals surface area (Å²) in [7, 11) is 2.07. The fourth-order valence-corrected chi connectivity index (χ4v) is 4.01. The van der Waals surface area contributed by atoms with E-state index in [1.165, 1.54) is 5.57 Å². The lowest BCUT2D eigenvalue weighted by Gasteiger charge is -2.24. The summed E-state index contributed by atoms with van der Waals surface area (Å²) < 4.78 is 11.8. The zero-order valence-electron chi connectivity index (χ0n) is 14.3. The largest absolute Gasteiger partial charge is 0.459 e. The molecule has 0 unspecified atom stereocenters. The maximum Gasteiger partial charge on any atom is 0.311 e. The average molecular weight is 307 g/mol. The highest BCUT2D eigenvalue weighted by atomic mass is 16.6. The normalized spacial score (nSPS) is 43.9. The third kappa shape index (κ3) is 2.95. The molecule has 0 aromatic heterocycles. The topological polar surface area (TPSA) is 42.1 Å². The first-order chi connectivity index (χ1) is 10.4. The van der Waals surface area contributed by atoms with Crippen LogP contribution < -0.4 is 0 Å². The number of nitrogens with zero attached hydrogens (tertiary/aromatic N) is 1. The van der Waals surface area contributed by atoms with Gasteiger partial charge in [0.1, 0.15) is 12.2 Å². The van der Waals surface area contributed by atoms with Crippen LogP contribution >= 0.6 is 0 Å². The zero-order chi connectivity index (χ0) is 15.9. The van der Waals surface area contributed by atoms with Gasteiger partial charge in [0, 0.05) is 12.5 Å². The van der Waals surface area contributed by atoms with E-state index in [-0.39, 0.29) is 35.6 Å². The summed E-state index contributed by atoms with van der Waals surface area (Å²) in [5.41, 5.74) is 1.34. The Balaban J connectivity index is 1.81. The summed E-state index contributed by atoms with van der Waals surface area (Å²) >= 11 is 0. The minimum absolute atomic E-state index is 0.00405. The summed E-state index contributed by atoms with van der Waals surface area (Å²) in [5.74, 6) is 0.263. The lowest BCUT2D eigenvalue weighted by atomic mass is 9.80. The molecule has 22 heavy (non-hydrogen) atoms. The molecule has 2 aliphatic heterocycles. The molecule has 0 bridgehead atoms. The van der Waals surface area contributed by atoms with Crippen molar-refractivity contribution in [2.24, 2.45) is 11.8 Å². The number of rotatable bonds is 3. The zero-order valence-corrected chi connectivity index (χ0v) is 14.3. The molecule has 0 spiro atoms. The molecule has 0 amide bonds. The highest BCUT2D eigenvalue weighted by molar-refractivity contribution is 5.75. The first kappa shape index (κ1) is 16.0. The molecule has 124 valence electrons. The Bertz CT molecular complexity index is 475. The Labute approximate surface area is 133 Å². The monoisotopic (exact) mass is 307 g/mol. The molecule has 4 nitrogen and oxygen atoms in total. The maximum absolute atomic E-state index is 12.4. The van der Waals surface area contributed by atoms with Crippen LogP contribution in [0.1, 0.15) is 46.5 Å². The van der Waals surface area contributed by atoms with Gasteiger partial charge in [-0.1, -0.05) is 18.6 Å². The number of allylic oxidation sites excluding steroid dienone is 2. The molecular weight excluding hydrogens is 278 g/mol. The first-order valence-corrected chi connectivity index (χ1v) is 8.67. The lowest BCUT2D eigenvalue weighted by molar-refractivity contribution is -0.145. The van der Waals surface area contributed by atoms with Gasteiger partial charge in [-0.15, -0.1) is 0 Å². The highest BCUT2D eigenvalue weighted by Gasteiger charge is 2.62. The van der Waals surface area contributed by atoms with Gasteiger partial charge in [-0.3, -0.25) is 4.79 Å². The minimum atomic E-state index is -0.0944. The standard InChI is InChI=1S/C18H29NO3/c1-5-19(4)11-14-13-9-8-12(2)7-6-10-18(3)16(22-18)15(13)21-17(14)20/h7,13-16H,5-6,8-11H2,1-4H3/b12-7+/t13-,14-,15-,16-,18+/m0/s1. The van der Waals surface area contributed by atoms with Gasteiger partial charge in [0.2, 0.25) is 0 Å². The number of esters is 1. The molecule has 4 heteroatoms. The van der Waals surface area contributed by atoms with Crippen LogP contribution in [0, 0.1) is 11.8 Å². The Morgan fingerprint density at radius 2 is 2.23 bits per heavy atom. The van der Waals surface area contributed by atoms with Crippen LogP contribution in [0.25, 0.3) is 0 Å². The van der Waals surface area contributed by atoms with Gasteiger partial charge in [-0.2, -0.15) is 0 Å². The van der Waals surface area contributed by atoms with E-state index in [1.807, 2.05) is 0 Å². The van der Waals surface area contributed by atoms with Crippen LogP contribution in [-0.2, 0) is 14.3 Å². The van der Waals surface area contributed by atoms with Crippen molar-refractivity contribution in [2.75, 3.05) is 20.1 Å². The fraction of sp³-hybridized carbons (Fsp3) is 0.833. The number of ether oxygens (including phenoxy) is 2. The van der Waals surface area contributed by atoms with Gasteiger partial charge in [-0.05, 0) is 53.1 Å². The smallest absolute Gasteiger partial charge is 0.311 e. The third-order valence-electron chi connectivity index (χ3n) is 5.79. The molecule has 0 radical (unpaired) electrons. The van der Waals surface area contributed by atoms with Crippen LogP contribution in [0.2, 0.25) is 0 Å². The number of carbonyl (C=O) groups excluding carboxylic acids is 1. The van der Waals surface area contributed by atoms with E-state index in [4.69, 9.17) is 9.47 Å². The SMILES string of the molecule is CCN(C)C[C@@H]1C(=O)O[C@H]2[C@H]1CC/C(C)=C/CC[C@@]1(C)O[C@@H]21. The van der Waals surface area contributed by atoms with Crippen molar-refractivity contribution in [1.82, 2.24) is 4.90 Å². The van der Waals surface area contributed by atoms with Gasteiger partial charge in [-0.25, -0.2) is 0 Å². The molecule has 0 aromatic rings. The van der Waals surface area contributed by atoms with Crippen LogP contribution in [0.5, 0.6) is 0 Å². The van der Waals surface area contributed by atoms with Crippen molar-refractivity contribution in [2.45, 2.75) is 64.3 Å². The molecule has 0 aromatic carbocycles. The van der Waals surface area contributed by atoms with Gasteiger partial charge >= 0.3 is 5.97 Å². The van der Waals surface area contributed by atoms with Crippen molar-refractivity contribution >= 4 is 5.97 Å². The summed E-state index contributed by atoms with van der Waals surface area (Å²) in [4.78, 5) is 14.6. The average Bonchev–Trinajstić information content (AvgIpc) is 3.05. The third-order valence-corrected chi connectivity index (χ3v) is 5.79. The maximum atomic E-state index is 12.4. The van der Waals surface area contributed by atoms with E-state index in [0.29, 0.717) is 0 Å².